The van der Waals surface area contributed by atoms with Crippen molar-refractivity contribution in [1.82, 2.24) is 0 Å². The Hall–Kier alpha value is -3.69. The lowest BCUT2D eigenvalue weighted by atomic mass is 10.1. The molecule has 0 aliphatic carbocycles. The van der Waals surface area contributed by atoms with Gasteiger partial charge in [0.15, 0.2) is 6.61 Å². The fourth-order valence-corrected chi connectivity index (χ4v) is 3.60. The van der Waals surface area contributed by atoms with Crippen LogP contribution in [0.4, 0.5) is 5.69 Å². The monoisotopic (exact) mass is 416 g/mol. The van der Waals surface area contributed by atoms with E-state index in [9.17, 15) is 9.59 Å². The van der Waals surface area contributed by atoms with Crippen molar-refractivity contribution in [2.45, 2.75) is 6.92 Å². The summed E-state index contributed by atoms with van der Waals surface area (Å²) in [4.78, 5) is 27.5. The van der Waals surface area contributed by atoms with Crippen LogP contribution in [-0.2, 0) is 14.3 Å². The molecule has 30 heavy (non-hydrogen) atoms. The van der Waals surface area contributed by atoms with E-state index in [1.165, 1.54) is 16.2 Å². The first-order valence-corrected chi connectivity index (χ1v) is 10.2. The first kappa shape index (κ1) is 21.0. The van der Waals surface area contributed by atoms with Crippen LogP contribution < -0.4 is 4.90 Å². The van der Waals surface area contributed by atoms with Crippen molar-refractivity contribution >= 4 is 40.5 Å². The molecule has 0 N–H and O–H groups in total. The number of hydrogen-bond donors (Lipinski definition) is 0. The van der Waals surface area contributed by atoms with E-state index in [4.69, 9.17) is 10.00 Å². The third-order valence-electron chi connectivity index (χ3n) is 4.28. The summed E-state index contributed by atoms with van der Waals surface area (Å²) in [6, 6.07) is 22.3. The number of aryl methyl sites for hydroxylation is 1. The lowest BCUT2D eigenvalue weighted by Gasteiger charge is -2.19. The van der Waals surface area contributed by atoms with Crippen LogP contribution in [0.1, 0.15) is 16.0 Å². The lowest BCUT2D eigenvalue weighted by Crippen LogP contribution is -2.35. The zero-order valence-electron chi connectivity index (χ0n) is 16.4. The average Bonchev–Trinajstić information content (AvgIpc) is 3.29. The van der Waals surface area contributed by atoms with Crippen molar-refractivity contribution in [2.75, 3.05) is 18.1 Å². The first-order chi connectivity index (χ1) is 14.6. The SMILES string of the molecule is Cc1cccc(/C=C(/C(=O)OCC(=O)N(CC#N)c2ccccc2)c2cccs2)c1. The number of amides is 1. The molecule has 0 aliphatic heterocycles. The normalized spacial score (nSPS) is 10.9. The minimum Gasteiger partial charge on any atom is -0.452 e. The molecule has 0 atom stereocenters. The summed E-state index contributed by atoms with van der Waals surface area (Å²) in [6.07, 6.45) is 1.76. The molecule has 2 aromatic carbocycles. The van der Waals surface area contributed by atoms with Crippen LogP contribution in [0.3, 0.4) is 0 Å². The molecule has 150 valence electrons. The molecule has 1 heterocycles. The van der Waals surface area contributed by atoms with Crippen molar-refractivity contribution in [1.29, 1.82) is 5.26 Å². The predicted molar refractivity (Wildman–Crippen MR) is 119 cm³/mol. The topological polar surface area (TPSA) is 70.4 Å². The van der Waals surface area contributed by atoms with Gasteiger partial charge in [-0.15, -0.1) is 11.3 Å². The second-order valence-corrected chi connectivity index (χ2v) is 7.45. The maximum Gasteiger partial charge on any atom is 0.340 e. The number of nitriles is 1. The molecule has 0 saturated carbocycles. The fourth-order valence-electron chi connectivity index (χ4n) is 2.87. The van der Waals surface area contributed by atoms with Gasteiger partial charge >= 0.3 is 5.97 Å². The molecule has 1 aromatic heterocycles. The molecule has 5 nitrogen and oxygen atoms in total. The number of benzene rings is 2. The number of carbonyl (C=O) groups is 2. The molecule has 0 aliphatic rings. The molecule has 3 rings (SSSR count). The number of carbonyl (C=O) groups excluding carboxylic acids is 2. The van der Waals surface area contributed by atoms with Gasteiger partial charge in [-0.25, -0.2) is 4.79 Å². The molecular weight excluding hydrogens is 396 g/mol. The Morgan fingerprint density at radius 2 is 1.90 bits per heavy atom. The summed E-state index contributed by atoms with van der Waals surface area (Å²) in [5.74, 6) is -1.05. The van der Waals surface area contributed by atoms with E-state index >= 15 is 0 Å². The van der Waals surface area contributed by atoms with Crippen LogP contribution in [0.15, 0.2) is 72.1 Å². The molecule has 3 aromatic rings. The van der Waals surface area contributed by atoms with Gasteiger partial charge in [-0.3, -0.25) is 9.69 Å². The third-order valence-corrected chi connectivity index (χ3v) is 5.19. The van der Waals surface area contributed by atoms with E-state index in [-0.39, 0.29) is 6.54 Å². The van der Waals surface area contributed by atoms with Crippen molar-refractivity contribution in [2.24, 2.45) is 0 Å². The van der Waals surface area contributed by atoms with Crippen LogP contribution >= 0.6 is 11.3 Å². The Bertz CT molecular complexity index is 1080. The van der Waals surface area contributed by atoms with E-state index in [0.717, 1.165) is 16.0 Å². The van der Waals surface area contributed by atoms with Crippen LogP contribution in [0, 0.1) is 18.3 Å². The van der Waals surface area contributed by atoms with Gasteiger partial charge in [-0.05, 0) is 42.1 Å². The van der Waals surface area contributed by atoms with E-state index in [1.807, 2.05) is 60.8 Å². The summed E-state index contributed by atoms with van der Waals surface area (Å²) >= 11 is 1.42. The van der Waals surface area contributed by atoms with Crippen molar-refractivity contribution in [3.63, 3.8) is 0 Å². The minimum atomic E-state index is -0.586. The maximum atomic E-state index is 12.8. The summed E-state index contributed by atoms with van der Waals surface area (Å²) in [5.41, 5.74) is 2.91. The highest BCUT2D eigenvalue weighted by Gasteiger charge is 2.20. The Labute approximate surface area is 179 Å². The first-order valence-electron chi connectivity index (χ1n) is 9.30. The Morgan fingerprint density at radius 3 is 2.57 bits per heavy atom. The molecule has 6 heteroatoms. The highest BCUT2D eigenvalue weighted by molar-refractivity contribution is 7.11. The minimum absolute atomic E-state index is 0.128. The quantitative estimate of drug-likeness (QED) is 0.318. The number of para-hydroxylation sites is 1. The van der Waals surface area contributed by atoms with Gasteiger partial charge < -0.3 is 4.74 Å². The van der Waals surface area contributed by atoms with Gasteiger partial charge in [-0.2, -0.15) is 5.26 Å². The Balaban J connectivity index is 1.77. The Kier molecular flexibility index (Phi) is 7.14. The third kappa shape index (κ3) is 5.43. The van der Waals surface area contributed by atoms with Crippen LogP contribution in [0.5, 0.6) is 0 Å². The van der Waals surface area contributed by atoms with Crippen LogP contribution in [0.2, 0.25) is 0 Å². The fraction of sp³-hybridized carbons (Fsp3) is 0.125. The zero-order chi connectivity index (χ0) is 21.3. The predicted octanol–water partition coefficient (Wildman–Crippen LogP) is 4.70. The van der Waals surface area contributed by atoms with Gasteiger partial charge in [-0.1, -0.05) is 54.1 Å². The number of thiophene rings is 1. The summed E-state index contributed by atoms with van der Waals surface area (Å²) < 4.78 is 5.34. The molecule has 0 radical (unpaired) electrons. The number of ether oxygens (including phenoxy) is 1. The molecule has 0 fully saturated rings. The van der Waals surface area contributed by atoms with Crippen molar-refractivity contribution in [3.05, 3.63) is 88.1 Å². The molecular formula is C24H20N2O3S. The standard InChI is InChI=1S/C24H20N2O3S/c1-18-7-5-8-19(15-18)16-21(22-11-6-14-30-22)24(28)29-17-23(27)26(13-12-25)20-9-3-2-4-10-20/h2-11,14-16H,13,17H2,1H3/b21-16+. The second kappa shape index (κ2) is 10.2. The Morgan fingerprint density at radius 1 is 1.10 bits per heavy atom. The molecule has 0 spiro atoms. The average molecular weight is 417 g/mol. The van der Waals surface area contributed by atoms with Crippen LogP contribution in [-0.4, -0.2) is 25.0 Å². The molecule has 0 saturated heterocycles. The van der Waals surface area contributed by atoms with E-state index < -0.39 is 18.5 Å². The number of hydrogen-bond acceptors (Lipinski definition) is 5. The van der Waals surface area contributed by atoms with Gasteiger partial charge in [0.1, 0.15) is 6.54 Å². The van der Waals surface area contributed by atoms with Gasteiger partial charge in [0.25, 0.3) is 5.91 Å². The second-order valence-electron chi connectivity index (χ2n) is 6.50. The molecule has 0 bridgehead atoms. The van der Waals surface area contributed by atoms with Crippen molar-refractivity contribution < 1.29 is 14.3 Å². The van der Waals surface area contributed by atoms with E-state index in [0.29, 0.717) is 11.3 Å². The number of nitrogens with zero attached hydrogens (tertiary/aromatic N) is 2. The maximum absolute atomic E-state index is 12.8. The van der Waals surface area contributed by atoms with Crippen LogP contribution in [0.25, 0.3) is 11.6 Å². The van der Waals surface area contributed by atoms with Gasteiger partial charge in [0, 0.05) is 10.6 Å². The van der Waals surface area contributed by atoms with Gasteiger partial charge in [0.05, 0.1) is 11.6 Å². The molecule has 0 unspecified atom stereocenters. The number of anilines is 1. The highest BCUT2D eigenvalue weighted by Crippen LogP contribution is 2.25. The number of rotatable bonds is 7. The van der Waals surface area contributed by atoms with E-state index in [1.54, 1.807) is 30.3 Å². The summed E-state index contributed by atoms with van der Waals surface area (Å²) in [5, 5.41) is 10.9. The smallest absolute Gasteiger partial charge is 0.340 e. The number of esters is 1. The van der Waals surface area contributed by atoms with Crippen molar-refractivity contribution in [3.8, 4) is 6.07 Å². The van der Waals surface area contributed by atoms with Gasteiger partial charge in [0.2, 0.25) is 0 Å². The molecule has 1 amide bonds. The highest BCUT2D eigenvalue weighted by atomic mass is 32.1. The summed E-state index contributed by atoms with van der Waals surface area (Å²) in [6.45, 7) is 1.40. The van der Waals surface area contributed by atoms with E-state index in [2.05, 4.69) is 0 Å². The summed E-state index contributed by atoms with van der Waals surface area (Å²) in [7, 11) is 0. The largest absolute Gasteiger partial charge is 0.452 e. The zero-order valence-corrected chi connectivity index (χ0v) is 17.3. The lowest BCUT2D eigenvalue weighted by molar-refractivity contribution is -0.141.